The van der Waals surface area contributed by atoms with Gasteiger partial charge in [-0.15, -0.1) is 17.0 Å². The number of benzene rings is 1. The molecule has 0 atom stereocenters. The van der Waals surface area contributed by atoms with E-state index in [1.165, 1.54) is 0 Å². The second kappa shape index (κ2) is 4.84. The van der Waals surface area contributed by atoms with Gasteiger partial charge in [0.1, 0.15) is 0 Å². The average molecular weight is 251 g/mol. The van der Waals surface area contributed by atoms with Crippen LogP contribution in [0.4, 0.5) is 0 Å². The van der Waals surface area contributed by atoms with Crippen LogP contribution in [-0.2, 0) is 0 Å². The summed E-state index contributed by atoms with van der Waals surface area (Å²) in [6.45, 7) is 6.54. The molecule has 0 radical (unpaired) electrons. The summed E-state index contributed by atoms with van der Waals surface area (Å²) < 4.78 is 5.74. The molecular weight excluding hydrogens is 235 g/mol. The molecule has 0 N–H and O–H groups in total. The van der Waals surface area contributed by atoms with Gasteiger partial charge >= 0.3 is 68.1 Å². The van der Waals surface area contributed by atoms with Crippen LogP contribution in [0.5, 0.6) is 5.75 Å². The van der Waals surface area contributed by atoms with Crippen molar-refractivity contribution in [3.8, 4) is 5.75 Å². The van der Waals surface area contributed by atoms with E-state index in [2.05, 4.69) is 20.0 Å². The molecule has 0 amide bonds. The molecule has 0 saturated carbocycles. The van der Waals surface area contributed by atoms with Gasteiger partial charge in [0, 0.05) is 0 Å². The van der Waals surface area contributed by atoms with Gasteiger partial charge in [0.25, 0.3) is 0 Å². The first kappa shape index (κ1) is 11.9. The first-order valence-corrected chi connectivity index (χ1v) is 7.23. The Morgan fingerprint density at radius 2 is 1.50 bits per heavy atom. The predicted octanol–water partition coefficient (Wildman–Crippen LogP) is 3.20. The van der Waals surface area contributed by atoms with Crippen molar-refractivity contribution >= 4 is 24.5 Å². The zero-order valence-electron chi connectivity index (χ0n) is 7.70. The number of hydrogen-bond donors (Lipinski definition) is 0. The molecular formula is C9H16BrOP. The van der Waals surface area contributed by atoms with Crippen molar-refractivity contribution in [2.45, 2.75) is 0 Å². The van der Waals surface area contributed by atoms with E-state index in [0.717, 1.165) is 5.75 Å². The minimum absolute atomic E-state index is 0. The molecule has 0 heterocycles. The van der Waals surface area contributed by atoms with Crippen molar-refractivity contribution in [3.63, 3.8) is 0 Å². The Morgan fingerprint density at radius 3 is 1.92 bits per heavy atom. The van der Waals surface area contributed by atoms with Crippen LogP contribution in [0.1, 0.15) is 0 Å². The molecule has 0 aliphatic carbocycles. The van der Waals surface area contributed by atoms with E-state index in [4.69, 9.17) is 4.52 Å². The van der Waals surface area contributed by atoms with Crippen LogP contribution in [0, 0.1) is 0 Å². The summed E-state index contributed by atoms with van der Waals surface area (Å²) in [5.74, 6) is 0.992. The summed E-state index contributed by atoms with van der Waals surface area (Å²) in [6.07, 6.45) is 0. The maximum atomic E-state index is 5.74. The average Bonchev–Trinajstić information content (AvgIpc) is 1.85. The maximum absolute atomic E-state index is 5.74. The normalized spacial score (nSPS) is 11.6. The van der Waals surface area contributed by atoms with Crippen LogP contribution < -0.4 is 4.52 Å². The Labute approximate surface area is 85.3 Å². The Hall–Kier alpha value is -0.0700. The third-order valence-corrected chi connectivity index (χ3v) is 2.02. The Balaban J connectivity index is 0.00000121. The van der Waals surface area contributed by atoms with E-state index in [9.17, 15) is 0 Å². The molecule has 1 nitrogen and oxygen atoms in total. The topological polar surface area (TPSA) is 9.23 Å². The van der Waals surface area contributed by atoms with Crippen LogP contribution in [0.15, 0.2) is 30.3 Å². The fourth-order valence-electron chi connectivity index (χ4n) is 0.842. The molecule has 1 aromatic rings. The second-order valence-corrected chi connectivity index (χ2v) is 7.96. The van der Waals surface area contributed by atoms with E-state index < -0.39 is 7.49 Å². The number of hydrogen-bond acceptors (Lipinski definition) is 1. The van der Waals surface area contributed by atoms with Gasteiger partial charge in [0.05, 0.1) is 0 Å². The van der Waals surface area contributed by atoms with Crippen molar-refractivity contribution in [2.75, 3.05) is 20.0 Å². The SMILES string of the molecule is Br.C[PH](C)(C)Oc1ccccc1. The molecule has 0 spiro atoms. The minimum atomic E-state index is -1.40. The van der Waals surface area contributed by atoms with Gasteiger partial charge in [-0.3, -0.25) is 0 Å². The summed E-state index contributed by atoms with van der Waals surface area (Å²) in [4.78, 5) is 0. The van der Waals surface area contributed by atoms with Gasteiger partial charge in [-0.1, -0.05) is 0 Å². The fraction of sp³-hybridized carbons (Fsp3) is 0.333. The molecule has 70 valence electrons. The summed E-state index contributed by atoms with van der Waals surface area (Å²) >= 11 is 0. The quantitative estimate of drug-likeness (QED) is 0.733. The van der Waals surface area contributed by atoms with Crippen molar-refractivity contribution in [2.24, 2.45) is 0 Å². The Kier molecular flexibility index (Phi) is 4.81. The number of rotatable bonds is 2. The Morgan fingerprint density at radius 1 is 1.00 bits per heavy atom. The van der Waals surface area contributed by atoms with Crippen molar-refractivity contribution in [1.29, 1.82) is 0 Å². The van der Waals surface area contributed by atoms with Gasteiger partial charge in [-0.2, -0.15) is 0 Å². The van der Waals surface area contributed by atoms with E-state index in [0.29, 0.717) is 0 Å². The van der Waals surface area contributed by atoms with Crippen molar-refractivity contribution in [1.82, 2.24) is 0 Å². The van der Waals surface area contributed by atoms with E-state index in [1.807, 2.05) is 30.3 Å². The van der Waals surface area contributed by atoms with Crippen molar-refractivity contribution in [3.05, 3.63) is 30.3 Å². The van der Waals surface area contributed by atoms with Crippen LogP contribution in [0.2, 0.25) is 0 Å². The molecule has 0 unspecified atom stereocenters. The van der Waals surface area contributed by atoms with Gasteiger partial charge in [0.2, 0.25) is 0 Å². The summed E-state index contributed by atoms with van der Waals surface area (Å²) in [5, 5.41) is 0. The molecule has 12 heavy (non-hydrogen) atoms. The third-order valence-electron chi connectivity index (χ3n) is 1.17. The predicted molar refractivity (Wildman–Crippen MR) is 63.5 cm³/mol. The third kappa shape index (κ3) is 4.74. The zero-order valence-corrected chi connectivity index (χ0v) is 10.4. The molecule has 1 aromatic carbocycles. The molecule has 1 rings (SSSR count). The van der Waals surface area contributed by atoms with Crippen LogP contribution in [0.3, 0.4) is 0 Å². The number of halogens is 1. The van der Waals surface area contributed by atoms with Crippen LogP contribution >= 0.6 is 24.5 Å². The van der Waals surface area contributed by atoms with Gasteiger partial charge < -0.3 is 0 Å². The molecule has 0 fully saturated rings. The molecule has 3 heteroatoms. The monoisotopic (exact) mass is 250 g/mol. The first-order valence-electron chi connectivity index (χ1n) is 3.82. The second-order valence-electron chi connectivity index (χ2n) is 3.53. The van der Waals surface area contributed by atoms with E-state index in [1.54, 1.807) is 0 Å². The fourth-order valence-corrected chi connectivity index (χ4v) is 1.69. The summed E-state index contributed by atoms with van der Waals surface area (Å²) in [6, 6.07) is 9.98. The first-order chi connectivity index (χ1) is 5.08. The zero-order chi connectivity index (χ0) is 8.32. The molecule has 0 aliphatic rings. The van der Waals surface area contributed by atoms with Crippen molar-refractivity contribution < 1.29 is 4.52 Å². The molecule has 0 bridgehead atoms. The van der Waals surface area contributed by atoms with Gasteiger partial charge in [-0.05, 0) is 0 Å². The molecule has 0 aromatic heterocycles. The van der Waals surface area contributed by atoms with E-state index >= 15 is 0 Å². The van der Waals surface area contributed by atoms with Crippen LogP contribution in [-0.4, -0.2) is 20.0 Å². The number of para-hydroxylation sites is 1. The van der Waals surface area contributed by atoms with Gasteiger partial charge in [-0.25, -0.2) is 0 Å². The van der Waals surface area contributed by atoms with Crippen LogP contribution in [0.25, 0.3) is 0 Å². The molecule has 0 saturated heterocycles. The van der Waals surface area contributed by atoms with Gasteiger partial charge in [0.15, 0.2) is 0 Å². The Bertz CT molecular complexity index is 218. The van der Waals surface area contributed by atoms with E-state index in [-0.39, 0.29) is 17.0 Å². The standard InChI is InChI=1S/C9H15OP.BrH/c1-11(2,3)10-9-7-5-4-6-8-9;/h4-8,11H,1-3H3;1H. The molecule has 0 aliphatic heterocycles. The summed E-state index contributed by atoms with van der Waals surface area (Å²) in [5.41, 5.74) is 0. The summed E-state index contributed by atoms with van der Waals surface area (Å²) in [7, 11) is -1.40.